The minimum absolute atomic E-state index is 0.00354. The summed E-state index contributed by atoms with van der Waals surface area (Å²) in [5, 5.41) is 2.95. The van der Waals surface area contributed by atoms with Crippen LogP contribution in [0.1, 0.15) is 13.8 Å². The number of hydrogen-bond acceptors (Lipinski definition) is 4. The molecule has 1 fully saturated rings. The summed E-state index contributed by atoms with van der Waals surface area (Å²) >= 11 is 0. The van der Waals surface area contributed by atoms with Gasteiger partial charge in [0.2, 0.25) is 5.91 Å². The largest absolute Gasteiger partial charge is 0.495 e. The minimum Gasteiger partial charge on any atom is -0.495 e. The summed E-state index contributed by atoms with van der Waals surface area (Å²) < 4.78 is 5.34. The summed E-state index contributed by atoms with van der Waals surface area (Å²) in [6, 6.07) is 5.98. The van der Waals surface area contributed by atoms with Gasteiger partial charge in [-0.05, 0) is 25.2 Å². The molecule has 0 aromatic heterocycles. The van der Waals surface area contributed by atoms with Crippen LogP contribution in [0.3, 0.4) is 0 Å². The predicted molar refractivity (Wildman–Crippen MR) is 86.2 cm³/mol. The number of nitrogens with one attached hydrogen (secondary N) is 1. The van der Waals surface area contributed by atoms with Crippen molar-refractivity contribution < 1.29 is 9.53 Å². The van der Waals surface area contributed by atoms with E-state index in [1.54, 1.807) is 7.11 Å². The number of rotatable bonds is 4. The first kappa shape index (κ1) is 15.6. The van der Waals surface area contributed by atoms with E-state index in [0.717, 1.165) is 37.6 Å². The Bertz CT molecular complexity index is 494. The van der Waals surface area contributed by atoms with Crippen LogP contribution < -0.4 is 15.0 Å². The molecule has 0 atom stereocenters. The first-order valence-corrected chi connectivity index (χ1v) is 7.43. The van der Waals surface area contributed by atoms with E-state index in [9.17, 15) is 4.79 Å². The van der Waals surface area contributed by atoms with Crippen LogP contribution in [0.5, 0.6) is 5.75 Å². The number of anilines is 2. The Morgan fingerprint density at radius 1 is 1.24 bits per heavy atom. The van der Waals surface area contributed by atoms with Crippen LogP contribution >= 0.6 is 0 Å². The number of hydrogen-bond donors (Lipinski definition) is 1. The molecule has 5 heteroatoms. The molecule has 0 spiro atoms. The first-order chi connectivity index (χ1) is 10.0. The molecule has 0 radical (unpaired) electrons. The Balaban J connectivity index is 2.18. The zero-order valence-electron chi connectivity index (χ0n) is 13.3. The van der Waals surface area contributed by atoms with Gasteiger partial charge < -0.3 is 19.9 Å². The average Bonchev–Trinajstić information content (AvgIpc) is 2.47. The number of carbonyl (C=O) groups is 1. The SMILES string of the molecule is COc1ccc(N2CCN(C)CC2)cc1NC(=O)C(C)C. The molecule has 1 saturated heterocycles. The fraction of sp³-hybridized carbons (Fsp3) is 0.562. The third kappa shape index (κ3) is 3.88. The lowest BCUT2D eigenvalue weighted by Gasteiger charge is -2.34. The van der Waals surface area contributed by atoms with E-state index in [4.69, 9.17) is 4.74 Å². The normalized spacial score (nSPS) is 16.1. The lowest BCUT2D eigenvalue weighted by atomic mass is 10.1. The second-order valence-corrected chi connectivity index (χ2v) is 5.82. The Morgan fingerprint density at radius 2 is 1.90 bits per heavy atom. The van der Waals surface area contributed by atoms with Crippen LogP contribution in [0.4, 0.5) is 11.4 Å². The van der Waals surface area contributed by atoms with E-state index >= 15 is 0 Å². The Labute approximate surface area is 126 Å². The first-order valence-electron chi connectivity index (χ1n) is 7.43. The molecule has 5 nitrogen and oxygen atoms in total. The molecular weight excluding hydrogens is 266 g/mol. The highest BCUT2D eigenvalue weighted by atomic mass is 16.5. The average molecular weight is 291 g/mol. The van der Waals surface area contributed by atoms with Gasteiger partial charge in [-0.3, -0.25) is 4.79 Å². The highest BCUT2D eigenvalue weighted by molar-refractivity contribution is 5.94. The smallest absolute Gasteiger partial charge is 0.227 e. The molecule has 1 aliphatic rings. The summed E-state index contributed by atoms with van der Waals surface area (Å²) in [6.45, 7) is 7.87. The maximum atomic E-state index is 11.9. The van der Waals surface area contributed by atoms with Crippen molar-refractivity contribution >= 4 is 17.3 Å². The van der Waals surface area contributed by atoms with Crippen molar-refractivity contribution in [1.82, 2.24) is 4.90 Å². The molecular formula is C16H25N3O2. The van der Waals surface area contributed by atoms with Gasteiger partial charge in [-0.1, -0.05) is 13.8 Å². The van der Waals surface area contributed by atoms with Gasteiger partial charge in [0.15, 0.2) is 0 Å². The molecule has 21 heavy (non-hydrogen) atoms. The molecule has 1 aromatic rings. The quantitative estimate of drug-likeness (QED) is 0.922. The van der Waals surface area contributed by atoms with Gasteiger partial charge in [-0.15, -0.1) is 0 Å². The van der Waals surface area contributed by atoms with E-state index in [1.807, 2.05) is 26.0 Å². The van der Waals surface area contributed by atoms with Crippen LogP contribution in [0.15, 0.2) is 18.2 Å². The van der Waals surface area contributed by atoms with Gasteiger partial charge >= 0.3 is 0 Å². The van der Waals surface area contributed by atoms with Crippen LogP contribution in [0.25, 0.3) is 0 Å². The molecule has 0 saturated carbocycles. The van der Waals surface area contributed by atoms with Gasteiger partial charge in [-0.2, -0.15) is 0 Å². The summed E-state index contributed by atoms with van der Waals surface area (Å²) in [5.74, 6) is 0.646. The van der Waals surface area contributed by atoms with E-state index in [-0.39, 0.29) is 11.8 Å². The van der Waals surface area contributed by atoms with Gasteiger partial charge in [-0.25, -0.2) is 0 Å². The standard InChI is InChI=1S/C16H25N3O2/c1-12(2)16(20)17-14-11-13(5-6-15(14)21-4)19-9-7-18(3)8-10-19/h5-6,11-12H,7-10H2,1-4H3,(H,17,20). The Kier molecular flexibility index (Phi) is 5.07. The molecule has 0 bridgehead atoms. The Hall–Kier alpha value is -1.75. The second-order valence-electron chi connectivity index (χ2n) is 5.82. The van der Waals surface area contributed by atoms with Gasteiger partial charge in [0.25, 0.3) is 0 Å². The summed E-state index contributed by atoms with van der Waals surface area (Å²) in [7, 11) is 3.76. The number of nitrogens with zero attached hydrogens (tertiary/aromatic N) is 2. The number of ether oxygens (including phenoxy) is 1. The molecule has 0 unspecified atom stereocenters. The minimum atomic E-state index is -0.0537. The molecule has 1 aromatic carbocycles. The third-order valence-corrected chi connectivity index (χ3v) is 3.83. The van der Waals surface area contributed by atoms with Gasteiger partial charge in [0, 0.05) is 37.8 Å². The van der Waals surface area contributed by atoms with Crippen molar-refractivity contribution in [1.29, 1.82) is 0 Å². The Morgan fingerprint density at radius 3 is 2.48 bits per heavy atom. The van der Waals surface area contributed by atoms with Gasteiger partial charge in [0.1, 0.15) is 5.75 Å². The summed E-state index contributed by atoms with van der Waals surface area (Å²) in [6.07, 6.45) is 0. The van der Waals surface area contributed by atoms with Crippen molar-refractivity contribution in [2.24, 2.45) is 5.92 Å². The van der Waals surface area contributed by atoms with Crippen LogP contribution in [0, 0.1) is 5.92 Å². The predicted octanol–water partition coefficient (Wildman–Crippen LogP) is 2.04. The lowest BCUT2D eigenvalue weighted by molar-refractivity contribution is -0.118. The highest BCUT2D eigenvalue weighted by Crippen LogP contribution is 2.30. The van der Waals surface area contributed by atoms with Crippen molar-refractivity contribution in [3.05, 3.63) is 18.2 Å². The number of benzene rings is 1. The molecule has 1 N–H and O–H groups in total. The molecule has 1 amide bonds. The summed E-state index contributed by atoms with van der Waals surface area (Å²) in [5.41, 5.74) is 1.87. The molecule has 1 aliphatic heterocycles. The fourth-order valence-electron chi connectivity index (χ4n) is 2.33. The van der Waals surface area contributed by atoms with Gasteiger partial charge in [0.05, 0.1) is 12.8 Å². The lowest BCUT2D eigenvalue weighted by Crippen LogP contribution is -2.44. The highest BCUT2D eigenvalue weighted by Gasteiger charge is 2.17. The van der Waals surface area contributed by atoms with Crippen molar-refractivity contribution in [2.45, 2.75) is 13.8 Å². The number of carbonyl (C=O) groups excluding carboxylic acids is 1. The number of likely N-dealkylation sites (N-methyl/N-ethyl adjacent to an activating group) is 1. The van der Waals surface area contributed by atoms with Crippen LogP contribution in [-0.2, 0) is 4.79 Å². The maximum Gasteiger partial charge on any atom is 0.227 e. The van der Waals surface area contributed by atoms with Crippen molar-refractivity contribution in [3.8, 4) is 5.75 Å². The van der Waals surface area contributed by atoms with E-state index in [1.165, 1.54) is 0 Å². The van der Waals surface area contributed by atoms with Crippen molar-refractivity contribution in [3.63, 3.8) is 0 Å². The monoisotopic (exact) mass is 291 g/mol. The van der Waals surface area contributed by atoms with Crippen LogP contribution in [-0.4, -0.2) is 51.1 Å². The molecule has 1 heterocycles. The van der Waals surface area contributed by atoms with Crippen molar-refractivity contribution in [2.75, 3.05) is 50.6 Å². The zero-order chi connectivity index (χ0) is 15.4. The number of methoxy groups -OCH3 is 1. The van der Waals surface area contributed by atoms with Crippen LogP contribution in [0.2, 0.25) is 0 Å². The fourth-order valence-corrected chi connectivity index (χ4v) is 2.33. The third-order valence-electron chi connectivity index (χ3n) is 3.83. The molecule has 116 valence electrons. The topological polar surface area (TPSA) is 44.8 Å². The second kappa shape index (κ2) is 6.80. The number of amides is 1. The molecule has 2 rings (SSSR count). The summed E-state index contributed by atoms with van der Waals surface area (Å²) in [4.78, 5) is 16.6. The van der Waals surface area contributed by atoms with E-state index in [2.05, 4.69) is 28.2 Å². The molecule has 0 aliphatic carbocycles. The van der Waals surface area contributed by atoms with E-state index < -0.39 is 0 Å². The maximum absolute atomic E-state index is 11.9. The number of piperazine rings is 1. The zero-order valence-corrected chi connectivity index (χ0v) is 13.3. The van der Waals surface area contributed by atoms with E-state index in [0.29, 0.717) is 5.75 Å².